The number of hydrogen-bond acceptors (Lipinski definition) is 4. The molecule has 0 bridgehead atoms. The summed E-state index contributed by atoms with van der Waals surface area (Å²) < 4.78 is 9.14. The van der Waals surface area contributed by atoms with Gasteiger partial charge in [0.1, 0.15) is 11.2 Å². The van der Waals surface area contributed by atoms with Crippen molar-refractivity contribution in [3.05, 3.63) is 186 Å². The lowest BCUT2D eigenvalue weighted by Gasteiger charge is -2.44. The molecule has 0 fully saturated rings. The minimum atomic E-state index is -0.110. The Morgan fingerprint density at radius 1 is 0.471 bits per heavy atom. The Hall–Kier alpha value is -6.82. The number of hydrogen-bond donors (Lipinski definition) is 0. The van der Waals surface area contributed by atoms with E-state index in [2.05, 4.69) is 244 Å². The molecule has 4 heterocycles. The van der Waals surface area contributed by atoms with Crippen LogP contribution in [-0.2, 0) is 21.7 Å². The maximum atomic E-state index is 6.41. The third-order valence-corrected chi connectivity index (χ3v) is 17.1. The molecule has 344 valence electrons. The molecule has 2 aliphatic heterocycles. The standard InChI is InChI=1S/C65H59BN2OS/c1-62(2,3)40-21-26-43(27-22-40)67-53-30-25-42(64(7,8)9)35-52(53)66-59-54(67)33-39(38-20-31-57-48(32-38)46-17-13-15-19-56(46)69-57)34-55(59)68(44-28-23-41(24-29-44)63(4,5)6)60-49-36-47-45-16-12-14-18-50(45)65(10,11)51(47)37-58(49)70-61(60)66/h12-37H,1-11H3. The molecule has 0 saturated carbocycles. The van der Waals surface area contributed by atoms with Crippen LogP contribution in [0.3, 0.4) is 0 Å². The van der Waals surface area contributed by atoms with Gasteiger partial charge in [0.15, 0.2) is 0 Å². The minimum Gasteiger partial charge on any atom is -0.456 e. The molecule has 10 aromatic rings. The van der Waals surface area contributed by atoms with Crippen molar-refractivity contribution in [2.45, 2.75) is 97.8 Å². The third kappa shape index (κ3) is 6.33. The highest BCUT2D eigenvalue weighted by atomic mass is 32.1. The van der Waals surface area contributed by atoms with Gasteiger partial charge < -0.3 is 14.2 Å². The topological polar surface area (TPSA) is 19.6 Å². The Balaban J connectivity index is 1.16. The van der Waals surface area contributed by atoms with E-state index < -0.39 is 0 Å². The van der Waals surface area contributed by atoms with Crippen molar-refractivity contribution in [2.24, 2.45) is 0 Å². The molecular formula is C65H59BN2OS. The normalized spacial score (nSPS) is 14.8. The zero-order chi connectivity index (χ0) is 48.4. The van der Waals surface area contributed by atoms with Crippen molar-refractivity contribution in [3.8, 4) is 22.3 Å². The van der Waals surface area contributed by atoms with Crippen LogP contribution >= 0.6 is 11.3 Å². The van der Waals surface area contributed by atoms with Crippen molar-refractivity contribution < 1.29 is 4.42 Å². The molecule has 0 saturated heterocycles. The van der Waals surface area contributed by atoms with Gasteiger partial charge >= 0.3 is 0 Å². The Labute approximate surface area is 417 Å². The van der Waals surface area contributed by atoms with E-state index in [9.17, 15) is 0 Å². The maximum Gasteiger partial charge on any atom is 0.264 e. The van der Waals surface area contributed by atoms with Gasteiger partial charge in [0, 0.05) is 59.5 Å². The molecule has 0 N–H and O–H groups in total. The summed E-state index contributed by atoms with van der Waals surface area (Å²) in [5.74, 6) is 0. The quantitative estimate of drug-likeness (QED) is 0.165. The molecule has 0 atom stereocenters. The van der Waals surface area contributed by atoms with Crippen molar-refractivity contribution in [2.75, 3.05) is 9.80 Å². The van der Waals surface area contributed by atoms with Crippen molar-refractivity contribution in [1.82, 2.24) is 0 Å². The molecule has 2 aromatic heterocycles. The minimum absolute atomic E-state index is 0.00520. The summed E-state index contributed by atoms with van der Waals surface area (Å²) in [6.45, 7) is 25.7. The average Bonchev–Trinajstić information content (AvgIpc) is 3.96. The first-order valence-corrected chi connectivity index (χ1v) is 25.9. The molecule has 3 nitrogen and oxygen atoms in total. The molecule has 0 spiro atoms. The summed E-state index contributed by atoms with van der Waals surface area (Å²) in [6, 6.07) is 60.5. The first kappa shape index (κ1) is 43.2. The van der Waals surface area contributed by atoms with Crippen LogP contribution in [0.15, 0.2) is 162 Å². The second-order valence-electron chi connectivity index (χ2n) is 23.8. The fourth-order valence-corrected chi connectivity index (χ4v) is 13.3. The van der Waals surface area contributed by atoms with E-state index in [4.69, 9.17) is 4.42 Å². The summed E-state index contributed by atoms with van der Waals surface area (Å²) in [4.78, 5) is 5.22. The lowest BCUT2D eigenvalue weighted by molar-refractivity contribution is 0.590. The summed E-state index contributed by atoms with van der Waals surface area (Å²) in [7, 11) is 0. The predicted molar refractivity (Wildman–Crippen MR) is 302 cm³/mol. The highest BCUT2D eigenvalue weighted by Gasteiger charge is 2.47. The number of anilines is 6. The number of para-hydroxylation sites is 1. The van der Waals surface area contributed by atoms with Crippen LogP contribution in [0.25, 0.3) is 54.3 Å². The Kier molecular flexibility index (Phi) is 9.03. The van der Waals surface area contributed by atoms with Gasteiger partial charge in [-0.3, -0.25) is 0 Å². The number of benzene rings is 8. The highest BCUT2D eigenvalue weighted by Crippen LogP contribution is 2.54. The van der Waals surface area contributed by atoms with Gasteiger partial charge in [-0.05, 0) is 150 Å². The monoisotopic (exact) mass is 926 g/mol. The van der Waals surface area contributed by atoms with Gasteiger partial charge in [0.05, 0.1) is 5.69 Å². The van der Waals surface area contributed by atoms with E-state index in [1.54, 1.807) is 0 Å². The molecule has 70 heavy (non-hydrogen) atoms. The summed E-state index contributed by atoms with van der Waals surface area (Å²) in [6.07, 6.45) is 0. The average molecular weight is 927 g/mol. The van der Waals surface area contributed by atoms with Crippen LogP contribution in [-0.4, -0.2) is 6.71 Å². The zero-order valence-corrected chi connectivity index (χ0v) is 43.1. The summed E-state index contributed by atoms with van der Waals surface area (Å²) >= 11 is 2.00. The Morgan fingerprint density at radius 3 is 1.76 bits per heavy atom. The van der Waals surface area contributed by atoms with E-state index in [0.717, 1.165) is 33.2 Å². The van der Waals surface area contributed by atoms with Crippen molar-refractivity contribution in [3.63, 3.8) is 0 Å². The zero-order valence-electron chi connectivity index (χ0n) is 42.3. The van der Waals surface area contributed by atoms with Crippen molar-refractivity contribution >= 4 is 99.9 Å². The second kappa shape index (κ2) is 14.6. The van der Waals surface area contributed by atoms with Gasteiger partial charge in [0.25, 0.3) is 6.71 Å². The summed E-state index contributed by atoms with van der Waals surface area (Å²) in [5, 5.41) is 3.57. The van der Waals surface area contributed by atoms with E-state index in [0.29, 0.717) is 0 Å². The van der Waals surface area contributed by atoms with Crippen LogP contribution in [0.1, 0.15) is 104 Å². The summed E-state index contributed by atoms with van der Waals surface area (Å²) in [5.41, 5.74) is 23.5. The van der Waals surface area contributed by atoms with Gasteiger partial charge in [-0.25, -0.2) is 0 Å². The van der Waals surface area contributed by atoms with E-state index in [1.165, 1.54) is 98.7 Å². The molecule has 3 aliphatic rings. The lowest BCUT2D eigenvalue weighted by atomic mass is 9.36. The van der Waals surface area contributed by atoms with Crippen LogP contribution in [0.4, 0.5) is 34.1 Å². The smallest absolute Gasteiger partial charge is 0.264 e. The second-order valence-corrected chi connectivity index (χ2v) is 24.9. The fourth-order valence-electron chi connectivity index (χ4n) is 12.0. The van der Waals surface area contributed by atoms with Crippen LogP contribution in [0.2, 0.25) is 0 Å². The molecule has 0 unspecified atom stereocenters. The maximum absolute atomic E-state index is 6.41. The first-order valence-electron chi connectivity index (χ1n) is 25.1. The number of thiophene rings is 1. The predicted octanol–water partition coefficient (Wildman–Crippen LogP) is 16.7. The molecule has 5 heteroatoms. The molecule has 1 aliphatic carbocycles. The Bertz CT molecular complexity index is 3810. The third-order valence-electron chi connectivity index (χ3n) is 15.9. The van der Waals surface area contributed by atoms with Crippen molar-refractivity contribution in [1.29, 1.82) is 0 Å². The van der Waals surface area contributed by atoms with Crippen LogP contribution in [0, 0.1) is 0 Å². The molecule has 8 aromatic carbocycles. The first-order chi connectivity index (χ1) is 33.3. The molecular weight excluding hydrogens is 868 g/mol. The largest absolute Gasteiger partial charge is 0.456 e. The fraction of sp³-hybridized carbons (Fsp3) is 0.231. The SMILES string of the molecule is CC(C)(C)c1ccc(N2c3ccc(C(C)(C)C)cc3B3c4sc5cc6c(cc5c4N(c4ccc(C(C)(C)C)cc4)c4cc(-c5ccc7oc8ccccc8c7c5)cc2c43)-c2ccccc2C6(C)C)cc1. The van der Waals surface area contributed by atoms with E-state index >= 15 is 0 Å². The van der Waals surface area contributed by atoms with Gasteiger partial charge in [0.2, 0.25) is 0 Å². The van der Waals surface area contributed by atoms with Crippen LogP contribution < -0.4 is 25.5 Å². The number of fused-ring (bicyclic) bond motifs is 12. The number of furan rings is 1. The van der Waals surface area contributed by atoms with Gasteiger partial charge in [-0.1, -0.05) is 161 Å². The van der Waals surface area contributed by atoms with E-state index in [-0.39, 0.29) is 28.4 Å². The molecule has 0 radical (unpaired) electrons. The molecule has 13 rings (SSSR count). The van der Waals surface area contributed by atoms with Gasteiger partial charge in [-0.15, -0.1) is 11.3 Å². The number of nitrogens with zero attached hydrogens (tertiary/aromatic N) is 2. The van der Waals surface area contributed by atoms with E-state index in [1.807, 2.05) is 11.3 Å². The Morgan fingerprint density at radius 2 is 1.07 bits per heavy atom. The number of rotatable bonds is 3. The lowest BCUT2D eigenvalue weighted by Crippen LogP contribution is -2.60. The molecule has 0 amide bonds. The highest BCUT2D eigenvalue weighted by molar-refractivity contribution is 7.33. The van der Waals surface area contributed by atoms with Gasteiger partial charge in [-0.2, -0.15) is 0 Å². The van der Waals surface area contributed by atoms with Crippen LogP contribution in [0.5, 0.6) is 0 Å².